The van der Waals surface area contributed by atoms with Gasteiger partial charge in [0.1, 0.15) is 18.1 Å². The lowest BCUT2D eigenvalue weighted by molar-refractivity contribution is -0.119. The second-order valence-electron chi connectivity index (χ2n) is 3.44. The molecule has 1 rings (SSSR count). The molecule has 0 saturated carbocycles. The summed E-state index contributed by atoms with van der Waals surface area (Å²) in [5, 5.41) is 7.18. The maximum atomic E-state index is 12.3. The van der Waals surface area contributed by atoms with Gasteiger partial charge in [0.05, 0.1) is 0 Å². The minimum atomic E-state index is -4.27. The molecule has 0 radical (unpaired) electrons. The van der Waals surface area contributed by atoms with E-state index >= 15 is 0 Å². The van der Waals surface area contributed by atoms with Crippen LogP contribution >= 0.6 is 0 Å². The van der Waals surface area contributed by atoms with Gasteiger partial charge in [0, 0.05) is 18.4 Å². The molecule has 0 bridgehead atoms. The molecule has 7 heteroatoms. The summed E-state index contributed by atoms with van der Waals surface area (Å²) in [4.78, 5) is 4.94. The molecule has 0 spiro atoms. The van der Waals surface area contributed by atoms with Gasteiger partial charge in [0.15, 0.2) is 0 Å². The maximum Gasteiger partial charge on any atom is 0.405 e. The first kappa shape index (κ1) is 13.3. The molecule has 1 heterocycles. The Bertz CT molecular complexity index is 403. The van der Waals surface area contributed by atoms with E-state index in [0.29, 0.717) is 5.69 Å². The third-order valence-electron chi connectivity index (χ3n) is 2.14. The second kappa shape index (κ2) is 5.03. The molecule has 0 atom stereocenters. The lowest BCUT2D eigenvalue weighted by atomic mass is 10.2. The van der Waals surface area contributed by atoms with Crippen molar-refractivity contribution >= 4 is 11.5 Å². The summed E-state index contributed by atoms with van der Waals surface area (Å²) < 4.78 is 36.9. The minimum Gasteiger partial charge on any atom is -0.382 e. The predicted octanol–water partition coefficient (Wildman–Crippen LogP) is 1.75. The molecule has 1 aromatic rings. The summed E-state index contributed by atoms with van der Waals surface area (Å²) >= 11 is 0. The summed E-state index contributed by atoms with van der Waals surface area (Å²) in [6.45, 7) is 0.797. The maximum absolute atomic E-state index is 12.3. The van der Waals surface area contributed by atoms with Crippen LogP contribution in [0.1, 0.15) is 12.6 Å². The monoisotopic (exact) mass is 246 g/mol. The highest BCUT2D eigenvalue weighted by molar-refractivity contribution is 5.93. The van der Waals surface area contributed by atoms with Gasteiger partial charge in [0.2, 0.25) is 0 Å². The summed E-state index contributed by atoms with van der Waals surface area (Å²) in [5.74, 6) is -0.269. The number of amidine groups is 1. The van der Waals surface area contributed by atoms with Crippen LogP contribution in [0.15, 0.2) is 18.3 Å². The van der Waals surface area contributed by atoms with E-state index < -0.39 is 12.7 Å². The molecular formula is C10H13F3N4. The van der Waals surface area contributed by atoms with E-state index in [-0.39, 0.29) is 18.1 Å². The Hall–Kier alpha value is -1.79. The van der Waals surface area contributed by atoms with Gasteiger partial charge in [-0.2, -0.15) is 13.2 Å². The number of alkyl halides is 3. The highest BCUT2D eigenvalue weighted by atomic mass is 19.4. The molecule has 1 aromatic heterocycles. The second-order valence-corrected chi connectivity index (χ2v) is 3.44. The fourth-order valence-electron chi connectivity index (χ4n) is 1.37. The van der Waals surface area contributed by atoms with Crippen molar-refractivity contribution in [2.45, 2.75) is 13.1 Å². The molecule has 17 heavy (non-hydrogen) atoms. The number of pyridine rings is 1. The van der Waals surface area contributed by atoms with Crippen LogP contribution < -0.4 is 10.6 Å². The van der Waals surface area contributed by atoms with Crippen LogP contribution in [-0.4, -0.2) is 30.1 Å². The van der Waals surface area contributed by atoms with Gasteiger partial charge < -0.3 is 10.6 Å². The van der Waals surface area contributed by atoms with Crippen molar-refractivity contribution in [2.24, 2.45) is 5.73 Å². The van der Waals surface area contributed by atoms with Gasteiger partial charge in [-0.1, -0.05) is 0 Å². The van der Waals surface area contributed by atoms with Crippen molar-refractivity contribution in [3.05, 3.63) is 24.0 Å². The number of hydrogen-bond donors (Lipinski definition) is 2. The largest absolute Gasteiger partial charge is 0.405 e. The summed E-state index contributed by atoms with van der Waals surface area (Å²) in [6.07, 6.45) is -2.93. The Morgan fingerprint density at radius 2 is 2.18 bits per heavy atom. The number of aromatic nitrogens is 1. The number of anilines is 1. The molecule has 4 nitrogen and oxygen atoms in total. The number of nitrogens with one attached hydrogen (secondary N) is 1. The first-order chi connectivity index (χ1) is 7.83. The van der Waals surface area contributed by atoms with Crippen LogP contribution in [0.25, 0.3) is 0 Å². The predicted molar refractivity (Wildman–Crippen MR) is 59.2 cm³/mol. The molecule has 0 amide bonds. The SMILES string of the molecule is CCN(CC(F)(F)F)c1ccnc(C(=N)N)c1. The number of nitrogens with two attached hydrogens (primary N) is 1. The Balaban J connectivity index is 2.96. The van der Waals surface area contributed by atoms with Crippen molar-refractivity contribution in [3.63, 3.8) is 0 Å². The van der Waals surface area contributed by atoms with Crippen LogP contribution in [-0.2, 0) is 0 Å². The van der Waals surface area contributed by atoms with Crippen LogP contribution in [0.2, 0.25) is 0 Å². The number of hydrogen-bond acceptors (Lipinski definition) is 3. The molecule has 0 aliphatic carbocycles. The first-order valence-corrected chi connectivity index (χ1v) is 4.95. The zero-order valence-corrected chi connectivity index (χ0v) is 9.25. The highest BCUT2D eigenvalue weighted by Gasteiger charge is 2.30. The Kier molecular flexibility index (Phi) is 3.93. The zero-order valence-electron chi connectivity index (χ0n) is 9.25. The molecule has 0 fully saturated rings. The molecule has 94 valence electrons. The third kappa shape index (κ3) is 3.93. The van der Waals surface area contributed by atoms with E-state index in [1.807, 2.05) is 0 Å². The van der Waals surface area contributed by atoms with Gasteiger partial charge in [-0.25, -0.2) is 0 Å². The minimum absolute atomic E-state index is 0.170. The van der Waals surface area contributed by atoms with Gasteiger partial charge in [0.25, 0.3) is 0 Å². The topological polar surface area (TPSA) is 66.0 Å². The Morgan fingerprint density at radius 3 is 2.65 bits per heavy atom. The molecule has 0 unspecified atom stereocenters. The van der Waals surface area contributed by atoms with E-state index in [1.165, 1.54) is 18.3 Å². The van der Waals surface area contributed by atoms with Crippen LogP contribution in [0.5, 0.6) is 0 Å². The summed E-state index contributed by atoms with van der Waals surface area (Å²) in [5.41, 5.74) is 5.75. The molecule has 3 N–H and O–H groups in total. The van der Waals surface area contributed by atoms with Gasteiger partial charge >= 0.3 is 6.18 Å². The van der Waals surface area contributed by atoms with E-state index in [2.05, 4.69) is 4.98 Å². The fourth-order valence-corrected chi connectivity index (χ4v) is 1.37. The number of halogens is 3. The van der Waals surface area contributed by atoms with Gasteiger partial charge in [-0.05, 0) is 19.1 Å². The number of rotatable bonds is 4. The molecule has 0 aliphatic rings. The quantitative estimate of drug-likeness (QED) is 0.628. The van der Waals surface area contributed by atoms with E-state index in [1.54, 1.807) is 6.92 Å². The third-order valence-corrected chi connectivity index (χ3v) is 2.14. The van der Waals surface area contributed by atoms with Crippen LogP contribution in [0.4, 0.5) is 18.9 Å². The lowest BCUT2D eigenvalue weighted by Crippen LogP contribution is -2.34. The smallest absolute Gasteiger partial charge is 0.382 e. The molecular weight excluding hydrogens is 233 g/mol. The van der Waals surface area contributed by atoms with Crippen molar-refractivity contribution < 1.29 is 13.2 Å². The number of nitrogen functional groups attached to an aromatic ring is 1. The lowest BCUT2D eigenvalue weighted by Gasteiger charge is -2.24. The van der Waals surface area contributed by atoms with Gasteiger partial charge in [-0.15, -0.1) is 0 Å². The Labute approximate surface area is 96.8 Å². The van der Waals surface area contributed by atoms with Crippen molar-refractivity contribution in [1.82, 2.24) is 4.98 Å². The fraction of sp³-hybridized carbons (Fsp3) is 0.400. The normalized spacial score (nSPS) is 11.3. The molecule has 0 aromatic carbocycles. The highest BCUT2D eigenvalue weighted by Crippen LogP contribution is 2.21. The summed E-state index contributed by atoms with van der Waals surface area (Å²) in [7, 11) is 0. The van der Waals surface area contributed by atoms with Crippen LogP contribution in [0.3, 0.4) is 0 Å². The average molecular weight is 246 g/mol. The van der Waals surface area contributed by atoms with Crippen LogP contribution in [0, 0.1) is 5.41 Å². The zero-order chi connectivity index (χ0) is 13.1. The summed E-state index contributed by atoms with van der Waals surface area (Å²) in [6, 6.07) is 2.83. The van der Waals surface area contributed by atoms with E-state index in [0.717, 1.165) is 4.90 Å². The van der Waals surface area contributed by atoms with Crippen molar-refractivity contribution in [1.29, 1.82) is 5.41 Å². The molecule has 0 saturated heterocycles. The van der Waals surface area contributed by atoms with E-state index in [9.17, 15) is 13.2 Å². The van der Waals surface area contributed by atoms with Crippen molar-refractivity contribution in [2.75, 3.05) is 18.0 Å². The Morgan fingerprint density at radius 1 is 1.53 bits per heavy atom. The average Bonchev–Trinajstić information content (AvgIpc) is 2.25. The van der Waals surface area contributed by atoms with Gasteiger partial charge in [-0.3, -0.25) is 10.4 Å². The standard InChI is InChI=1S/C10H13F3N4/c1-2-17(6-10(11,12)13)7-3-4-16-8(5-7)9(14)15/h3-5H,2,6H2,1H3,(H3,14,15). The molecule has 0 aliphatic heterocycles. The first-order valence-electron chi connectivity index (χ1n) is 4.95. The van der Waals surface area contributed by atoms with Crippen molar-refractivity contribution in [3.8, 4) is 0 Å². The number of nitrogens with zero attached hydrogens (tertiary/aromatic N) is 2. The van der Waals surface area contributed by atoms with E-state index in [4.69, 9.17) is 11.1 Å².